The molecule has 1 amide bonds. The zero-order valence-corrected chi connectivity index (χ0v) is 9.36. The van der Waals surface area contributed by atoms with Gasteiger partial charge in [-0.3, -0.25) is 9.36 Å². The smallest absolute Gasteiger partial charge is 0.326 e. The Morgan fingerprint density at radius 3 is 2.53 bits per heavy atom. The Morgan fingerprint density at radius 1 is 1.53 bits per heavy atom. The highest BCUT2D eigenvalue weighted by Crippen LogP contribution is 2.06. The van der Waals surface area contributed by atoms with E-state index in [1.165, 1.54) is 10.8 Å². The minimum atomic E-state index is -0.441. The topological polar surface area (TPSA) is 58.1 Å². The molecule has 5 heteroatoms. The third-order valence-electron chi connectivity index (χ3n) is 2.53. The summed E-state index contributed by atoms with van der Waals surface area (Å²) in [7, 11) is 0. The van der Waals surface area contributed by atoms with Crippen LogP contribution in [0.25, 0.3) is 0 Å². The minimum Gasteiger partial charge on any atom is -0.341 e. The first-order valence-corrected chi connectivity index (χ1v) is 5.16. The molecular formula is C10H17N3O2. The van der Waals surface area contributed by atoms with Crippen molar-refractivity contribution in [1.82, 2.24) is 14.5 Å². The van der Waals surface area contributed by atoms with E-state index in [0.717, 1.165) is 0 Å². The van der Waals surface area contributed by atoms with Gasteiger partial charge in [0.1, 0.15) is 6.04 Å². The maximum atomic E-state index is 11.9. The number of rotatable bonds is 4. The number of likely N-dealkylation sites (N-methyl/N-ethyl adjacent to an activating group) is 1. The van der Waals surface area contributed by atoms with Gasteiger partial charge in [0.2, 0.25) is 5.91 Å². The normalized spacial score (nSPS) is 12.5. The van der Waals surface area contributed by atoms with Crippen LogP contribution in [-0.4, -0.2) is 33.4 Å². The van der Waals surface area contributed by atoms with Gasteiger partial charge in [-0.2, -0.15) is 0 Å². The molecular weight excluding hydrogens is 194 g/mol. The lowest BCUT2D eigenvalue weighted by molar-refractivity contribution is -0.133. The molecule has 1 unspecified atom stereocenters. The molecule has 0 radical (unpaired) electrons. The minimum absolute atomic E-state index is 0.0262. The lowest BCUT2D eigenvalue weighted by Gasteiger charge is -2.22. The number of nitrogens with one attached hydrogen (secondary N) is 1. The van der Waals surface area contributed by atoms with Crippen molar-refractivity contribution in [2.24, 2.45) is 0 Å². The van der Waals surface area contributed by atoms with E-state index >= 15 is 0 Å². The summed E-state index contributed by atoms with van der Waals surface area (Å²) in [4.78, 5) is 27.4. The Morgan fingerprint density at radius 2 is 2.13 bits per heavy atom. The summed E-state index contributed by atoms with van der Waals surface area (Å²) in [6.45, 7) is 6.91. The largest absolute Gasteiger partial charge is 0.341 e. The molecule has 1 heterocycles. The zero-order valence-electron chi connectivity index (χ0n) is 9.36. The second-order valence-electron chi connectivity index (χ2n) is 3.36. The predicted octanol–water partition coefficient (Wildman–Crippen LogP) is 0.606. The van der Waals surface area contributed by atoms with Crippen LogP contribution in [0.15, 0.2) is 17.2 Å². The first-order chi connectivity index (χ1) is 7.11. The molecule has 0 aromatic carbocycles. The van der Waals surface area contributed by atoms with Gasteiger partial charge in [-0.25, -0.2) is 4.79 Å². The quantitative estimate of drug-likeness (QED) is 0.793. The molecule has 1 atom stereocenters. The van der Waals surface area contributed by atoms with Crippen LogP contribution in [0.5, 0.6) is 0 Å². The first-order valence-electron chi connectivity index (χ1n) is 5.16. The van der Waals surface area contributed by atoms with Gasteiger partial charge in [-0.05, 0) is 20.8 Å². The lowest BCUT2D eigenvalue weighted by Crippen LogP contribution is -2.38. The summed E-state index contributed by atoms with van der Waals surface area (Å²) in [5.41, 5.74) is -0.247. The number of amides is 1. The highest BCUT2D eigenvalue weighted by atomic mass is 16.2. The Kier molecular flexibility index (Phi) is 3.71. The number of carbonyl (C=O) groups is 1. The van der Waals surface area contributed by atoms with Crippen LogP contribution in [0.3, 0.4) is 0 Å². The molecule has 0 aliphatic rings. The second-order valence-corrected chi connectivity index (χ2v) is 3.36. The summed E-state index contributed by atoms with van der Waals surface area (Å²) in [6.07, 6.45) is 3.13. The number of aromatic amines is 1. The van der Waals surface area contributed by atoms with Gasteiger partial charge in [-0.1, -0.05) is 0 Å². The molecule has 0 fully saturated rings. The third kappa shape index (κ3) is 2.29. The summed E-state index contributed by atoms with van der Waals surface area (Å²) in [6, 6.07) is -0.441. The number of imidazole rings is 1. The molecule has 1 aromatic rings. The van der Waals surface area contributed by atoms with E-state index in [2.05, 4.69) is 4.98 Å². The van der Waals surface area contributed by atoms with Gasteiger partial charge in [-0.15, -0.1) is 0 Å². The van der Waals surface area contributed by atoms with E-state index in [4.69, 9.17) is 0 Å². The Hall–Kier alpha value is -1.52. The van der Waals surface area contributed by atoms with Crippen LogP contribution in [0.2, 0.25) is 0 Å². The molecule has 5 nitrogen and oxygen atoms in total. The highest BCUT2D eigenvalue weighted by molar-refractivity contribution is 5.80. The molecule has 1 N–H and O–H groups in total. The Bertz CT molecular complexity index is 376. The van der Waals surface area contributed by atoms with Crippen molar-refractivity contribution in [3.8, 4) is 0 Å². The number of aromatic nitrogens is 2. The van der Waals surface area contributed by atoms with Crippen molar-refractivity contribution in [2.45, 2.75) is 26.8 Å². The summed E-state index contributed by atoms with van der Waals surface area (Å²) < 4.78 is 1.40. The van der Waals surface area contributed by atoms with Gasteiger partial charge >= 0.3 is 5.69 Å². The highest BCUT2D eigenvalue weighted by Gasteiger charge is 2.20. The van der Waals surface area contributed by atoms with E-state index in [1.54, 1.807) is 18.0 Å². The third-order valence-corrected chi connectivity index (χ3v) is 2.53. The van der Waals surface area contributed by atoms with Crippen LogP contribution < -0.4 is 5.69 Å². The van der Waals surface area contributed by atoms with E-state index in [-0.39, 0.29) is 11.6 Å². The molecule has 0 saturated carbocycles. The Balaban J connectivity index is 2.86. The van der Waals surface area contributed by atoms with Crippen molar-refractivity contribution in [1.29, 1.82) is 0 Å². The van der Waals surface area contributed by atoms with E-state index < -0.39 is 6.04 Å². The standard InChI is InChI=1S/C10H17N3O2/c1-4-12(5-2)9(14)8(3)13-7-6-11-10(13)15/h6-8H,4-5H2,1-3H3,(H,11,15). The predicted molar refractivity (Wildman–Crippen MR) is 57.7 cm³/mol. The molecule has 1 aromatic heterocycles. The van der Waals surface area contributed by atoms with Crippen molar-refractivity contribution >= 4 is 5.91 Å². The molecule has 0 bridgehead atoms. The fraction of sp³-hybridized carbons (Fsp3) is 0.600. The molecule has 15 heavy (non-hydrogen) atoms. The second kappa shape index (κ2) is 4.82. The molecule has 0 saturated heterocycles. The number of hydrogen-bond acceptors (Lipinski definition) is 2. The monoisotopic (exact) mass is 211 g/mol. The SMILES string of the molecule is CCN(CC)C(=O)C(C)n1cc[nH]c1=O. The van der Waals surface area contributed by atoms with Gasteiger partial charge in [0.15, 0.2) is 0 Å². The molecule has 0 aliphatic carbocycles. The zero-order chi connectivity index (χ0) is 11.4. The summed E-state index contributed by atoms with van der Waals surface area (Å²) in [5, 5.41) is 0. The van der Waals surface area contributed by atoms with Crippen LogP contribution in [0, 0.1) is 0 Å². The van der Waals surface area contributed by atoms with Crippen LogP contribution in [-0.2, 0) is 4.79 Å². The molecule has 0 aliphatic heterocycles. The number of hydrogen-bond donors (Lipinski definition) is 1. The lowest BCUT2D eigenvalue weighted by atomic mass is 10.3. The van der Waals surface area contributed by atoms with Crippen molar-refractivity contribution in [2.75, 3.05) is 13.1 Å². The van der Waals surface area contributed by atoms with Crippen LogP contribution in [0.1, 0.15) is 26.8 Å². The maximum absolute atomic E-state index is 11.9. The van der Waals surface area contributed by atoms with Crippen molar-refractivity contribution in [3.63, 3.8) is 0 Å². The molecule has 84 valence electrons. The number of H-pyrrole nitrogens is 1. The Labute approximate surface area is 88.7 Å². The van der Waals surface area contributed by atoms with E-state index in [0.29, 0.717) is 13.1 Å². The van der Waals surface area contributed by atoms with E-state index in [1.807, 2.05) is 13.8 Å². The summed E-state index contributed by atoms with van der Waals surface area (Å²) in [5.74, 6) is -0.0262. The van der Waals surface area contributed by atoms with E-state index in [9.17, 15) is 9.59 Å². The fourth-order valence-electron chi connectivity index (χ4n) is 1.55. The first kappa shape index (κ1) is 11.6. The summed E-state index contributed by atoms with van der Waals surface area (Å²) >= 11 is 0. The number of nitrogens with zero attached hydrogens (tertiary/aromatic N) is 2. The van der Waals surface area contributed by atoms with Gasteiger partial charge in [0, 0.05) is 25.5 Å². The van der Waals surface area contributed by atoms with Crippen molar-refractivity contribution < 1.29 is 4.79 Å². The van der Waals surface area contributed by atoms with Crippen LogP contribution in [0.4, 0.5) is 0 Å². The van der Waals surface area contributed by atoms with Gasteiger partial charge in [0.25, 0.3) is 0 Å². The van der Waals surface area contributed by atoms with Gasteiger partial charge < -0.3 is 9.88 Å². The maximum Gasteiger partial charge on any atom is 0.326 e. The fourth-order valence-corrected chi connectivity index (χ4v) is 1.55. The average molecular weight is 211 g/mol. The van der Waals surface area contributed by atoms with Gasteiger partial charge in [0.05, 0.1) is 0 Å². The average Bonchev–Trinajstić information content (AvgIpc) is 2.65. The molecule has 0 spiro atoms. The van der Waals surface area contributed by atoms with Crippen molar-refractivity contribution in [3.05, 3.63) is 22.9 Å². The van der Waals surface area contributed by atoms with Crippen LogP contribution >= 0.6 is 0 Å². The molecule has 1 rings (SSSR count). The number of carbonyl (C=O) groups excluding carboxylic acids is 1.